The van der Waals surface area contributed by atoms with Gasteiger partial charge in [-0.05, 0) is 36.6 Å². The Morgan fingerprint density at radius 3 is 2.50 bits per heavy atom. The van der Waals surface area contributed by atoms with Gasteiger partial charge in [0, 0.05) is 12.1 Å². The van der Waals surface area contributed by atoms with E-state index in [0.717, 1.165) is 30.7 Å². The van der Waals surface area contributed by atoms with Crippen LogP contribution in [0.4, 0.5) is 4.39 Å². The normalized spacial score (nSPS) is 11.3. The fourth-order valence-corrected chi connectivity index (χ4v) is 2.05. The Bertz CT molecular complexity index is 389. The van der Waals surface area contributed by atoms with Crippen molar-refractivity contribution < 1.29 is 9.13 Å². The molecule has 0 aliphatic carbocycles. The van der Waals surface area contributed by atoms with E-state index in [1.165, 1.54) is 6.07 Å². The number of nitrogens with one attached hydrogen (secondary N) is 1. The average Bonchev–Trinajstić information content (AvgIpc) is 2.41. The summed E-state index contributed by atoms with van der Waals surface area (Å²) in [7, 11) is 0. The summed E-state index contributed by atoms with van der Waals surface area (Å²) in [5.41, 5.74) is 0.900. The molecular formula is C17H28FNO. The second kappa shape index (κ2) is 8.96. The molecule has 0 unspecified atom stereocenters. The Balaban J connectivity index is 2.64. The SMILES string of the molecule is CCC(CC)COc1ccc(F)cc1CNCC(C)C. The molecule has 0 saturated heterocycles. The van der Waals surface area contributed by atoms with Crippen LogP contribution in [0.3, 0.4) is 0 Å². The van der Waals surface area contributed by atoms with E-state index in [2.05, 4.69) is 33.0 Å². The van der Waals surface area contributed by atoms with E-state index in [1.807, 2.05) is 0 Å². The fourth-order valence-electron chi connectivity index (χ4n) is 2.05. The highest BCUT2D eigenvalue weighted by molar-refractivity contribution is 5.34. The van der Waals surface area contributed by atoms with Gasteiger partial charge in [0.25, 0.3) is 0 Å². The molecule has 0 fully saturated rings. The van der Waals surface area contributed by atoms with Crippen LogP contribution in [0.5, 0.6) is 5.75 Å². The Hall–Kier alpha value is -1.09. The molecule has 20 heavy (non-hydrogen) atoms. The van der Waals surface area contributed by atoms with E-state index >= 15 is 0 Å². The van der Waals surface area contributed by atoms with E-state index in [-0.39, 0.29) is 5.82 Å². The van der Waals surface area contributed by atoms with Crippen molar-refractivity contribution in [2.45, 2.75) is 47.1 Å². The van der Waals surface area contributed by atoms with Gasteiger partial charge in [0.1, 0.15) is 11.6 Å². The maximum Gasteiger partial charge on any atom is 0.123 e. The highest BCUT2D eigenvalue weighted by atomic mass is 19.1. The zero-order valence-electron chi connectivity index (χ0n) is 13.2. The fraction of sp³-hybridized carbons (Fsp3) is 0.647. The van der Waals surface area contributed by atoms with Gasteiger partial charge in [0.15, 0.2) is 0 Å². The van der Waals surface area contributed by atoms with Gasteiger partial charge in [-0.3, -0.25) is 0 Å². The van der Waals surface area contributed by atoms with Crippen LogP contribution in [0.15, 0.2) is 18.2 Å². The predicted octanol–water partition coefficient (Wildman–Crippen LogP) is 4.39. The van der Waals surface area contributed by atoms with Gasteiger partial charge in [-0.15, -0.1) is 0 Å². The van der Waals surface area contributed by atoms with Gasteiger partial charge in [0.05, 0.1) is 6.61 Å². The Kier molecular flexibility index (Phi) is 7.60. The van der Waals surface area contributed by atoms with Gasteiger partial charge in [-0.25, -0.2) is 4.39 Å². The lowest BCUT2D eigenvalue weighted by Crippen LogP contribution is -2.20. The van der Waals surface area contributed by atoms with Crippen LogP contribution in [0.1, 0.15) is 46.1 Å². The van der Waals surface area contributed by atoms with Crippen molar-refractivity contribution in [3.8, 4) is 5.75 Å². The van der Waals surface area contributed by atoms with Gasteiger partial charge >= 0.3 is 0 Å². The average molecular weight is 281 g/mol. The summed E-state index contributed by atoms with van der Waals surface area (Å²) in [6, 6.07) is 4.77. The maximum atomic E-state index is 13.4. The minimum Gasteiger partial charge on any atom is -0.493 e. The first kappa shape index (κ1) is 17.0. The summed E-state index contributed by atoms with van der Waals surface area (Å²) in [6.45, 7) is 10.9. The number of hydrogen-bond acceptors (Lipinski definition) is 2. The molecule has 1 aromatic carbocycles. The molecule has 1 N–H and O–H groups in total. The Labute approximate surface area is 122 Å². The quantitative estimate of drug-likeness (QED) is 0.725. The number of benzene rings is 1. The molecule has 1 aromatic rings. The highest BCUT2D eigenvalue weighted by Gasteiger charge is 2.09. The van der Waals surface area contributed by atoms with Crippen molar-refractivity contribution in [3.05, 3.63) is 29.6 Å². The molecule has 0 aromatic heterocycles. The molecule has 2 nitrogen and oxygen atoms in total. The first-order chi connectivity index (χ1) is 9.56. The molecule has 114 valence electrons. The minimum atomic E-state index is -0.207. The van der Waals surface area contributed by atoms with Crippen LogP contribution in [-0.4, -0.2) is 13.2 Å². The summed E-state index contributed by atoms with van der Waals surface area (Å²) < 4.78 is 19.3. The van der Waals surface area contributed by atoms with Gasteiger partial charge in [-0.2, -0.15) is 0 Å². The third-order valence-electron chi connectivity index (χ3n) is 3.52. The summed E-state index contributed by atoms with van der Waals surface area (Å²) in [5, 5.41) is 3.34. The summed E-state index contributed by atoms with van der Waals surface area (Å²) in [5.74, 6) is 1.74. The van der Waals surface area contributed by atoms with Crippen molar-refractivity contribution in [1.29, 1.82) is 0 Å². The van der Waals surface area contributed by atoms with Crippen molar-refractivity contribution in [1.82, 2.24) is 5.32 Å². The minimum absolute atomic E-state index is 0.207. The largest absolute Gasteiger partial charge is 0.493 e. The molecule has 0 saturated carbocycles. The van der Waals surface area contributed by atoms with E-state index in [9.17, 15) is 4.39 Å². The van der Waals surface area contributed by atoms with Crippen molar-refractivity contribution in [2.24, 2.45) is 11.8 Å². The van der Waals surface area contributed by atoms with Crippen LogP contribution < -0.4 is 10.1 Å². The number of hydrogen-bond donors (Lipinski definition) is 1. The molecule has 1 rings (SSSR count). The van der Waals surface area contributed by atoms with E-state index < -0.39 is 0 Å². The lowest BCUT2D eigenvalue weighted by atomic mass is 10.1. The second-order valence-corrected chi connectivity index (χ2v) is 5.77. The van der Waals surface area contributed by atoms with E-state index in [4.69, 9.17) is 4.74 Å². The first-order valence-electron chi connectivity index (χ1n) is 7.68. The summed E-state index contributed by atoms with van der Waals surface area (Å²) >= 11 is 0. The lowest BCUT2D eigenvalue weighted by molar-refractivity contribution is 0.238. The van der Waals surface area contributed by atoms with Crippen molar-refractivity contribution in [3.63, 3.8) is 0 Å². The van der Waals surface area contributed by atoms with Crippen LogP contribution in [-0.2, 0) is 6.54 Å². The number of ether oxygens (including phenoxy) is 1. The predicted molar refractivity (Wildman–Crippen MR) is 82.5 cm³/mol. The molecule has 0 amide bonds. The van der Waals surface area contributed by atoms with Crippen LogP contribution in [0.25, 0.3) is 0 Å². The van der Waals surface area contributed by atoms with Gasteiger partial charge < -0.3 is 10.1 Å². The van der Waals surface area contributed by atoms with Crippen molar-refractivity contribution in [2.75, 3.05) is 13.2 Å². The smallest absolute Gasteiger partial charge is 0.123 e. The van der Waals surface area contributed by atoms with E-state index in [1.54, 1.807) is 12.1 Å². The molecule has 0 aliphatic heterocycles. The molecule has 0 spiro atoms. The van der Waals surface area contributed by atoms with Crippen LogP contribution in [0.2, 0.25) is 0 Å². The number of halogens is 1. The Morgan fingerprint density at radius 2 is 1.90 bits per heavy atom. The van der Waals surface area contributed by atoms with Gasteiger partial charge in [-0.1, -0.05) is 40.5 Å². The van der Waals surface area contributed by atoms with Gasteiger partial charge in [0.2, 0.25) is 0 Å². The highest BCUT2D eigenvalue weighted by Crippen LogP contribution is 2.21. The third-order valence-corrected chi connectivity index (χ3v) is 3.52. The monoisotopic (exact) mass is 281 g/mol. The molecule has 0 aliphatic rings. The van der Waals surface area contributed by atoms with Crippen LogP contribution >= 0.6 is 0 Å². The second-order valence-electron chi connectivity index (χ2n) is 5.77. The Morgan fingerprint density at radius 1 is 1.20 bits per heavy atom. The zero-order chi connectivity index (χ0) is 15.0. The standard InChI is InChI=1S/C17H28FNO/c1-5-14(6-2)12-20-17-8-7-16(18)9-15(17)11-19-10-13(3)4/h7-9,13-14,19H,5-6,10-12H2,1-4H3. The molecular weight excluding hydrogens is 253 g/mol. The third kappa shape index (κ3) is 5.91. The molecule has 0 radical (unpaired) electrons. The van der Waals surface area contributed by atoms with E-state index in [0.29, 0.717) is 25.0 Å². The maximum absolute atomic E-state index is 13.4. The summed E-state index contributed by atoms with van der Waals surface area (Å²) in [4.78, 5) is 0. The first-order valence-corrected chi connectivity index (χ1v) is 7.68. The summed E-state index contributed by atoms with van der Waals surface area (Å²) in [6.07, 6.45) is 2.22. The molecule has 0 bridgehead atoms. The molecule has 0 atom stereocenters. The number of rotatable bonds is 9. The van der Waals surface area contributed by atoms with Crippen LogP contribution in [0, 0.1) is 17.7 Å². The molecule has 0 heterocycles. The zero-order valence-corrected chi connectivity index (χ0v) is 13.2. The topological polar surface area (TPSA) is 21.3 Å². The molecule has 3 heteroatoms. The van der Waals surface area contributed by atoms with Crippen molar-refractivity contribution >= 4 is 0 Å². The lowest BCUT2D eigenvalue weighted by Gasteiger charge is -2.17.